The Morgan fingerprint density at radius 1 is 1.26 bits per heavy atom. The number of carboxylic acid groups (broad SMARTS) is 1. The van der Waals surface area contributed by atoms with E-state index in [1.165, 1.54) is 0 Å². The van der Waals surface area contributed by atoms with Crippen molar-refractivity contribution in [3.05, 3.63) is 51.5 Å². The molecule has 0 unspecified atom stereocenters. The lowest BCUT2D eigenvalue weighted by Gasteiger charge is -2.16. The molecule has 23 heavy (non-hydrogen) atoms. The maximum atomic E-state index is 11.2. The summed E-state index contributed by atoms with van der Waals surface area (Å²) >= 11 is 3.45. The predicted octanol–water partition coefficient (Wildman–Crippen LogP) is 4.09. The average molecular weight is 380 g/mol. The Hall–Kier alpha value is -2.21. The van der Waals surface area contributed by atoms with E-state index in [2.05, 4.69) is 21.2 Å². The third-order valence-electron chi connectivity index (χ3n) is 3.55. The first-order valence-corrected chi connectivity index (χ1v) is 7.74. The summed E-state index contributed by atoms with van der Waals surface area (Å²) in [5.41, 5.74) is 2.65. The number of anilines is 1. The molecule has 0 aliphatic carbocycles. The van der Waals surface area contributed by atoms with Crippen LogP contribution in [0.25, 0.3) is 0 Å². The van der Waals surface area contributed by atoms with Gasteiger partial charge in [0.05, 0.1) is 19.8 Å². The Balaban J connectivity index is 2.30. The molecule has 0 heterocycles. The number of halogens is 1. The van der Waals surface area contributed by atoms with Gasteiger partial charge in [0.25, 0.3) is 0 Å². The van der Waals surface area contributed by atoms with E-state index >= 15 is 0 Å². The molecule has 2 aromatic rings. The minimum atomic E-state index is -0.937. The summed E-state index contributed by atoms with van der Waals surface area (Å²) in [6, 6.07) is 8.93. The second kappa shape index (κ2) is 7.37. The first-order valence-electron chi connectivity index (χ1n) is 6.95. The third-order valence-corrected chi connectivity index (χ3v) is 4.01. The highest BCUT2D eigenvalue weighted by Crippen LogP contribution is 2.35. The number of rotatable bonds is 6. The Morgan fingerprint density at radius 3 is 2.61 bits per heavy atom. The van der Waals surface area contributed by atoms with Crippen LogP contribution in [0.3, 0.4) is 0 Å². The van der Waals surface area contributed by atoms with E-state index in [9.17, 15) is 9.90 Å². The summed E-state index contributed by atoms with van der Waals surface area (Å²) in [5.74, 6) is 0.345. The lowest BCUT2D eigenvalue weighted by atomic mass is 10.1. The summed E-state index contributed by atoms with van der Waals surface area (Å²) < 4.78 is 11.6. The van der Waals surface area contributed by atoms with Crippen molar-refractivity contribution in [2.24, 2.45) is 0 Å². The smallest absolute Gasteiger partial charge is 0.336 e. The highest BCUT2D eigenvalue weighted by Gasteiger charge is 2.13. The molecule has 0 fully saturated rings. The van der Waals surface area contributed by atoms with Crippen molar-refractivity contribution in [3.8, 4) is 11.5 Å². The molecule has 0 bridgehead atoms. The monoisotopic (exact) mass is 379 g/mol. The predicted molar refractivity (Wildman–Crippen MR) is 92.7 cm³/mol. The van der Waals surface area contributed by atoms with Gasteiger partial charge in [-0.3, -0.25) is 0 Å². The van der Waals surface area contributed by atoms with Gasteiger partial charge in [0.15, 0.2) is 11.5 Å². The molecule has 2 N–H and O–H groups in total. The second-order valence-electron chi connectivity index (χ2n) is 4.94. The summed E-state index contributed by atoms with van der Waals surface area (Å²) in [6.07, 6.45) is 0. The van der Waals surface area contributed by atoms with E-state index in [0.29, 0.717) is 23.6 Å². The molecule has 0 aliphatic rings. The molecule has 0 aromatic heterocycles. The summed E-state index contributed by atoms with van der Waals surface area (Å²) in [4.78, 5) is 11.2. The number of ether oxygens (including phenoxy) is 2. The van der Waals surface area contributed by atoms with Gasteiger partial charge in [0.1, 0.15) is 0 Å². The summed E-state index contributed by atoms with van der Waals surface area (Å²) in [7, 11) is 3.17. The van der Waals surface area contributed by atoms with E-state index in [1.54, 1.807) is 33.3 Å². The molecule has 6 heteroatoms. The van der Waals surface area contributed by atoms with Crippen molar-refractivity contribution in [2.75, 3.05) is 19.5 Å². The van der Waals surface area contributed by atoms with Crippen LogP contribution in [0, 0.1) is 6.92 Å². The molecule has 2 aromatic carbocycles. The van der Waals surface area contributed by atoms with Crippen molar-refractivity contribution in [1.29, 1.82) is 0 Å². The first kappa shape index (κ1) is 17.1. The molecule has 0 spiro atoms. The molecule has 122 valence electrons. The van der Waals surface area contributed by atoms with Crippen LogP contribution in [0.2, 0.25) is 0 Å². The fourth-order valence-electron chi connectivity index (χ4n) is 2.39. The summed E-state index contributed by atoms with van der Waals surface area (Å²) in [5, 5.41) is 12.4. The Kier molecular flexibility index (Phi) is 5.50. The van der Waals surface area contributed by atoms with Gasteiger partial charge in [-0.05, 0) is 36.8 Å². The molecule has 0 amide bonds. The number of benzene rings is 2. The van der Waals surface area contributed by atoms with Crippen molar-refractivity contribution in [2.45, 2.75) is 13.5 Å². The maximum absolute atomic E-state index is 11.2. The fourth-order valence-corrected chi connectivity index (χ4v) is 2.87. The highest BCUT2D eigenvalue weighted by molar-refractivity contribution is 9.10. The molecule has 2 rings (SSSR count). The van der Waals surface area contributed by atoms with Crippen LogP contribution in [0.5, 0.6) is 11.5 Å². The van der Waals surface area contributed by atoms with E-state index < -0.39 is 5.97 Å². The number of carbonyl (C=O) groups is 1. The topological polar surface area (TPSA) is 67.8 Å². The van der Waals surface area contributed by atoms with Crippen molar-refractivity contribution in [3.63, 3.8) is 0 Å². The number of methoxy groups -OCH3 is 2. The molecule has 0 radical (unpaired) electrons. The minimum Gasteiger partial charge on any atom is -0.493 e. The average Bonchev–Trinajstić information content (AvgIpc) is 2.52. The van der Waals surface area contributed by atoms with Gasteiger partial charge in [-0.2, -0.15) is 0 Å². The van der Waals surface area contributed by atoms with E-state index in [1.807, 2.05) is 18.2 Å². The van der Waals surface area contributed by atoms with Gasteiger partial charge in [-0.25, -0.2) is 4.79 Å². The zero-order chi connectivity index (χ0) is 17.0. The third kappa shape index (κ3) is 3.76. The zero-order valence-electron chi connectivity index (χ0n) is 13.1. The van der Waals surface area contributed by atoms with Gasteiger partial charge >= 0.3 is 5.97 Å². The number of hydrogen-bond donors (Lipinski definition) is 2. The first-order chi connectivity index (χ1) is 11.0. The molecule has 0 saturated carbocycles. The van der Waals surface area contributed by atoms with Crippen LogP contribution in [0.4, 0.5) is 5.69 Å². The fraction of sp³-hybridized carbons (Fsp3) is 0.235. The van der Waals surface area contributed by atoms with Gasteiger partial charge < -0.3 is 19.9 Å². The quantitative estimate of drug-likeness (QED) is 0.790. The van der Waals surface area contributed by atoms with Crippen LogP contribution in [0.1, 0.15) is 21.5 Å². The van der Waals surface area contributed by atoms with Crippen molar-refractivity contribution in [1.82, 2.24) is 0 Å². The van der Waals surface area contributed by atoms with Gasteiger partial charge in [-0.1, -0.05) is 22.0 Å². The molecule has 0 atom stereocenters. The molecule has 5 nitrogen and oxygen atoms in total. The van der Waals surface area contributed by atoms with Crippen LogP contribution >= 0.6 is 15.9 Å². The molecular weight excluding hydrogens is 362 g/mol. The van der Waals surface area contributed by atoms with Crippen LogP contribution in [-0.2, 0) is 6.54 Å². The van der Waals surface area contributed by atoms with E-state index in [0.717, 1.165) is 15.7 Å². The Bertz CT molecular complexity index is 731. The Morgan fingerprint density at radius 2 is 2.00 bits per heavy atom. The molecule has 0 aliphatic heterocycles. The lowest BCUT2D eigenvalue weighted by molar-refractivity contribution is 0.0696. The molecular formula is C17H18BrNO4. The summed E-state index contributed by atoms with van der Waals surface area (Å²) in [6.45, 7) is 2.26. The minimum absolute atomic E-state index is 0.286. The number of carboxylic acids is 1. The standard InChI is InChI=1S/C17H18BrNO4/c1-10-13(17(20)21)5-4-6-14(10)19-9-11-7-12(18)8-15(22-2)16(11)23-3/h4-8,19H,9H2,1-3H3,(H,20,21). The second-order valence-corrected chi connectivity index (χ2v) is 5.85. The van der Waals surface area contributed by atoms with Crippen molar-refractivity contribution < 1.29 is 19.4 Å². The Labute approximate surface area is 143 Å². The molecule has 0 saturated heterocycles. The SMILES string of the molecule is COc1cc(Br)cc(CNc2cccc(C(=O)O)c2C)c1OC. The van der Waals surface area contributed by atoms with Crippen molar-refractivity contribution >= 4 is 27.6 Å². The maximum Gasteiger partial charge on any atom is 0.336 e. The number of hydrogen-bond acceptors (Lipinski definition) is 4. The normalized spacial score (nSPS) is 10.3. The number of nitrogens with one attached hydrogen (secondary N) is 1. The van der Waals surface area contributed by atoms with Gasteiger partial charge in [0.2, 0.25) is 0 Å². The van der Waals surface area contributed by atoms with Crippen LogP contribution in [0.15, 0.2) is 34.8 Å². The van der Waals surface area contributed by atoms with Gasteiger partial charge in [0, 0.05) is 22.3 Å². The van der Waals surface area contributed by atoms with Gasteiger partial charge in [-0.15, -0.1) is 0 Å². The number of aromatic carboxylic acids is 1. The van der Waals surface area contributed by atoms with Crippen LogP contribution in [-0.4, -0.2) is 25.3 Å². The largest absolute Gasteiger partial charge is 0.493 e. The van der Waals surface area contributed by atoms with E-state index in [-0.39, 0.29) is 5.56 Å². The van der Waals surface area contributed by atoms with Crippen LogP contribution < -0.4 is 14.8 Å². The highest BCUT2D eigenvalue weighted by atomic mass is 79.9. The zero-order valence-corrected chi connectivity index (χ0v) is 14.7. The lowest BCUT2D eigenvalue weighted by Crippen LogP contribution is -2.07. The van der Waals surface area contributed by atoms with E-state index in [4.69, 9.17) is 9.47 Å².